The first-order valence-corrected chi connectivity index (χ1v) is 6.36. The van der Waals surface area contributed by atoms with Gasteiger partial charge in [-0.1, -0.05) is 6.92 Å². The van der Waals surface area contributed by atoms with Crippen molar-refractivity contribution in [3.8, 4) is 0 Å². The van der Waals surface area contributed by atoms with Crippen molar-refractivity contribution in [3.63, 3.8) is 0 Å². The number of hydrogen-bond donors (Lipinski definition) is 1. The molecule has 2 heterocycles. The molecular weight excluding hydrogens is 204 g/mol. The summed E-state index contributed by atoms with van der Waals surface area (Å²) in [6, 6.07) is 0.0369. The van der Waals surface area contributed by atoms with Crippen LogP contribution in [0, 0.1) is 5.92 Å². The smallest absolute Gasteiger partial charge is 0.241 e. The Morgan fingerprint density at radius 3 is 2.69 bits per heavy atom. The Kier molecular flexibility index (Phi) is 3.82. The highest BCUT2D eigenvalue weighted by Crippen LogP contribution is 2.20. The van der Waals surface area contributed by atoms with Crippen molar-refractivity contribution >= 4 is 5.91 Å². The maximum atomic E-state index is 12.1. The first-order chi connectivity index (χ1) is 7.72. The molecule has 0 saturated carbocycles. The molecule has 0 radical (unpaired) electrons. The summed E-state index contributed by atoms with van der Waals surface area (Å²) in [5, 5.41) is 3.34. The van der Waals surface area contributed by atoms with Gasteiger partial charge in [-0.2, -0.15) is 0 Å². The molecule has 4 heteroatoms. The molecule has 0 aromatic rings. The van der Waals surface area contributed by atoms with Gasteiger partial charge in [-0.3, -0.25) is 10.1 Å². The molecule has 0 aromatic heterocycles. The Labute approximate surface area is 97.3 Å². The van der Waals surface area contributed by atoms with E-state index in [4.69, 9.17) is 4.74 Å². The molecule has 2 aliphatic rings. The predicted molar refractivity (Wildman–Crippen MR) is 61.9 cm³/mol. The van der Waals surface area contributed by atoms with Gasteiger partial charge in [0, 0.05) is 19.8 Å². The van der Waals surface area contributed by atoms with Gasteiger partial charge in [0.25, 0.3) is 0 Å². The summed E-state index contributed by atoms with van der Waals surface area (Å²) in [6.45, 7) is 6.73. The summed E-state index contributed by atoms with van der Waals surface area (Å²) in [5.41, 5.74) is 0. The van der Waals surface area contributed by atoms with E-state index >= 15 is 0 Å². The summed E-state index contributed by atoms with van der Waals surface area (Å²) in [5.74, 6) is 0.902. The molecule has 2 fully saturated rings. The summed E-state index contributed by atoms with van der Waals surface area (Å²) in [7, 11) is 0. The van der Waals surface area contributed by atoms with E-state index in [0.29, 0.717) is 5.92 Å². The van der Waals surface area contributed by atoms with Crippen LogP contribution in [-0.4, -0.2) is 42.8 Å². The second kappa shape index (κ2) is 5.15. The van der Waals surface area contributed by atoms with Gasteiger partial charge in [0.2, 0.25) is 5.91 Å². The van der Waals surface area contributed by atoms with E-state index in [1.807, 2.05) is 4.90 Å². The van der Waals surface area contributed by atoms with Crippen LogP contribution in [0.25, 0.3) is 0 Å². The highest BCUT2D eigenvalue weighted by molar-refractivity contribution is 5.84. The van der Waals surface area contributed by atoms with Crippen LogP contribution in [-0.2, 0) is 9.53 Å². The number of ether oxygens (including phenoxy) is 1. The standard InChI is InChI=1S/C12H22N2O2/c1-3-11-12(15)14(9(2)13-11)8-10-4-6-16-7-5-10/h9-11,13H,3-8H2,1-2H3. The average molecular weight is 226 g/mol. The molecule has 2 unspecified atom stereocenters. The minimum Gasteiger partial charge on any atom is -0.381 e. The third-order valence-electron chi connectivity index (χ3n) is 3.70. The number of nitrogens with one attached hydrogen (secondary N) is 1. The van der Waals surface area contributed by atoms with Crippen molar-refractivity contribution < 1.29 is 9.53 Å². The average Bonchev–Trinajstić information content (AvgIpc) is 2.58. The molecule has 0 aliphatic carbocycles. The van der Waals surface area contributed by atoms with E-state index in [0.717, 1.165) is 39.0 Å². The van der Waals surface area contributed by atoms with E-state index < -0.39 is 0 Å². The number of rotatable bonds is 3. The lowest BCUT2D eigenvalue weighted by Crippen LogP contribution is -2.39. The van der Waals surface area contributed by atoms with Crippen LogP contribution in [0.2, 0.25) is 0 Å². The zero-order valence-electron chi connectivity index (χ0n) is 10.2. The minimum absolute atomic E-state index is 0.0369. The first-order valence-electron chi connectivity index (χ1n) is 6.36. The number of hydrogen-bond acceptors (Lipinski definition) is 3. The molecule has 2 saturated heterocycles. The van der Waals surface area contributed by atoms with Crippen molar-refractivity contribution in [3.05, 3.63) is 0 Å². The molecule has 92 valence electrons. The Balaban J connectivity index is 1.90. The van der Waals surface area contributed by atoms with Crippen LogP contribution >= 0.6 is 0 Å². The van der Waals surface area contributed by atoms with Crippen LogP contribution in [0.15, 0.2) is 0 Å². The number of carbonyl (C=O) groups excluding carboxylic acids is 1. The van der Waals surface area contributed by atoms with Crippen LogP contribution in [0.1, 0.15) is 33.1 Å². The predicted octanol–water partition coefficient (Wildman–Crippen LogP) is 0.969. The molecule has 4 nitrogen and oxygen atoms in total. The monoisotopic (exact) mass is 226 g/mol. The fourth-order valence-electron chi connectivity index (χ4n) is 2.59. The quantitative estimate of drug-likeness (QED) is 0.779. The van der Waals surface area contributed by atoms with Gasteiger partial charge in [-0.15, -0.1) is 0 Å². The zero-order valence-corrected chi connectivity index (χ0v) is 10.2. The SMILES string of the molecule is CCC1NC(C)N(CC2CCOCC2)C1=O. The Morgan fingerprint density at radius 2 is 2.12 bits per heavy atom. The van der Waals surface area contributed by atoms with Crippen molar-refractivity contribution in [1.82, 2.24) is 10.2 Å². The van der Waals surface area contributed by atoms with Crippen LogP contribution in [0.3, 0.4) is 0 Å². The summed E-state index contributed by atoms with van der Waals surface area (Å²) in [4.78, 5) is 14.1. The maximum Gasteiger partial charge on any atom is 0.241 e. The topological polar surface area (TPSA) is 41.6 Å². The maximum absolute atomic E-state index is 12.1. The molecule has 0 spiro atoms. The molecule has 2 atom stereocenters. The molecule has 16 heavy (non-hydrogen) atoms. The molecule has 2 rings (SSSR count). The Bertz CT molecular complexity index is 251. The second-order valence-corrected chi connectivity index (χ2v) is 4.85. The van der Waals surface area contributed by atoms with Gasteiger partial charge < -0.3 is 9.64 Å². The summed E-state index contributed by atoms with van der Waals surface area (Å²) >= 11 is 0. The van der Waals surface area contributed by atoms with E-state index in [-0.39, 0.29) is 18.1 Å². The lowest BCUT2D eigenvalue weighted by atomic mass is 9.99. The third kappa shape index (κ3) is 2.38. The van der Waals surface area contributed by atoms with Gasteiger partial charge >= 0.3 is 0 Å². The summed E-state index contributed by atoms with van der Waals surface area (Å²) < 4.78 is 5.34. The van der Waals surface area contributed by atoms with E-state index in [2.05, 4.69) is 19.2 Å². The van der Waals surface area contributed by atoms with Gasteiger partial charge in [-0.25, -0.2) is 0 Å². The first kappa shape index (κ1) is 11.9. The van der Waals surface area contributed by atoms with Gasteiger partial charge in [-0.05, 0) is 32.1 Å². The lowest BCUT2D eigenvalue weighted by Gasteiger charge is -2.29. The highest BCUT2D eigenvalue weighted by Gasteiger charge is 2.36. The van der Waals surface area contributed by atoms with Crippen LogP contribution < -0.4 is 5.32 Å². The van der Waals surface area contributed by atoms with E-state index in [9.17, 15) is 4.79 Å². The molecule has 1 amide bonds. The fourth-order valence-corrected chi connectivity index (χ4v) is 2.59. The third-order valence-corrected chi connectivity index (χ3v) is 3.70. The lowest BCUT2D eigenvalue weighted by molar-refractivity contribution is -0.130. The van der Waals surface area contributed by atoms with E-state index in [1.54, 1.807) is 0 Å². The molecule has 2 aliphatic heterocycles. The molecule has 0 bridgehead atoms. The van der Waals surface area contributed by atoms with Gasteiger partial charge in [0.15, 0.2) is 0 Å². The largest absolute Gasteiger partial charge is 0.381 e. The van der Waals surface area contributed by atoms with Crippen molar-refractivity contribution in [2.24, 2.45) is 5.92 Å². The van der Waals surface area contributed by atoms with Crippen LogP contribution in [0.4, 0.5) is 0 Å². The Hall–Kier alpha value is -0.610. The van der Waals surface area contributed by atoms with Gasteiger partial charge in [0.1, 0.15) is 0 Å². The molecule has 0 aromatic carbocycles. The number of nitrogens with zero attached hydrogens (tertiary/aromatic N) is 1. The normalized spacial score (nSPS) is 32.4. The molecular formula is C12H22N2O2. The van der Waals surface area contributed by atoms with Crippen molar-refractivity contribution in [2.45, 2.75) is 45.3 Å². The second-order valence-electron chi connectivity index (χ2n) is 4.85. The van der Waals surface area contributed by atoms with Crippen molar-refractivity contribution in [2.75, 3.05) is 19.8 Å². The Morgan fingerprint density at radius 1 is 1.44 bits per heavy atom. The molecule has 1 N–H and O–H groups in total. The van der Waals surface area contributed by atoms with Crippen LogP contribution in [0.5, 0.6) is 0 Å². The van der Waals surface area contributed by atoms with Crippen molar-refractivity contribution in [1.29, 1.82) is 0 Å². The fraction of sp³-hybridized carbons (Fsp3) is 0.917. The van der Waals surface area contributed by atoms with Gasteiger partial charge in [0.05, 0.1) is 12.2 Å². The number of carbonyl (C=O) groups is 1. The summed E-state index contributed by atoms with van der Waals surface area (Å²) in [6.07, 6.45) is 3.26. The zero-order chi connectivity index (χ0) is 11.5. The van der Waals surface area contributed by atoms with E-state index in [1.165, 1.54) is 0 Å². The highest BCUT2D eigenvalue weighted by atomic mass is 16.5. The number of amides is 1. The minimum atomic E-state index is 0.0369.